The molecule has 1 rings (SSSR count). The molecule has 0 aliphatic rings. The van der Waals surface area contributed by atoms with Crippen molar-refractivity contribution in [1.29, 1.82) is 0 Å². The summed E-state index contributed by atoms with van der Waals surface area (Å²) in [6.45, 7) is 11.3. The first-order valence-corrected chi connectivity index (χ1v) is 6.97. The van der Waals surface area contributed by atoms with Gasteiger partial charge in [0.1, 0.15) is 5.75 Å². The Morgan fingerprint density at radius 1 is 1.47 bits per heavy atom. The molecule has 0 aliphatic carbocycles. The van der Waals surface area contributed by atoms with Crippen LogP contribution >= 0.6 is 11.6 Å². The molecule has 0 amide bonds. The topological polar surface area (TPSA) is 21.3 Å². The molecule has 0 aromatic heterocycles. The number of ether oxygens (including phenoxy) is 1. The fraction of sp³-hybridized carbons (Fsp3) is 0.500. The highest BCUT2D eigenvalue weighted by atomic mass is 35.5. The number of hydrogen-bond acceptors (Lipinski definition) is 2. The average Bonchev–Trinajstić information content (AvgIpc) is 2.37. The smallest absolute Gasteiger partial charge is 0.122 e. The van der Waals surface area contributed by atoms with Gasteiger partial charge in [0.25, 0.3) is 0 Å². The summed E-state index contributed by atoms with van der Waals surface area (Å²) < 4.78 is 5.40. The van der Waals surface area contributed by atoms with E-state index in [1.807, 2.05) is 24.3 Å². The maximum atomic E-state index is 6.08. The van der Waals surface area contributed by atoms with Gasteiger partial charge in [0.2, 0.25) is 0 Å². The largest absolute Gasteiger partial charge is 0.496 e. The van der Waals surface area contributed by atoms with Crippen LogP contribution in [0.4, 0.5) is 0 Å². The van der Waals surface area contributed by atoms with E-state index in [4.69, 9.17) is 16.3 Å². The zero-order chi connectivity index (χ0) is 14.5. The predicted molar refractivity (Wildman–Crippen MR) is 83.2 cm³/mol. The van der Waals surface area contributed by atoms with Crippen molar-refractivity contribution in [3.8, 4) is 5.75 Å². The molecule has 3 heteroatoms. The van der Waals surface area contributed by atoms with Crippen LogP contribution in [0.3, 0.4) is 0 Å². The second-order valence-corrected chi connectivity index (χ2v) is 5.96. The summed E-state index contributed by atoms with van der Waals surface area (Å²) in [7, 11) is 1.68. The maximum Gasteiger partial charge on any atom is 0.122 e. The van der Waals surface area contributed by atoms with Gasteiger partial charge in [-0.15, -0.1) is 6.58 Å². The minimum atomic E-state index is -0.0256. The van der Waals surface area contributed by atoms with Crippen LogP contribution in [0.15, 0.2) is 30.9 Å². The van der Waals surface area contributed by atoms with Crippen LogP contribution in [0, 0.1) is 5.41 Å². The lowest BCUT2D eigenvalue weighted by Gasteiger charge is -2.28. The molecule has 0 saturated heterocycles. The fourth-order valence-corrected chi connectivity index (χ4v) is 2.16. The van der Waals surface area contributed by atoms with Crippen LogP contribution in [-0.4, -0.2) is 19.7 Å². The first-order chi connectivity index (χ1) is 8.90. The van der Waals surface area contributed by atoms with Crippen LogP contribution in [0.25, 0.3) is 0 Å². The first kappa shape index (κ1) is 16.1. The van der Waals surface area contributed by atoms with Crippen molar-refractivity contribution >= 4 is 11.6 Å². The van der Waals surface area contributed by atoms with Crippen LogP contribution in [0.2, 0.25) is 5.02 Å². The quantitative estimate of drug-likeness (QED) is 0.761. The third-order valence-corrected chi connectivity index (χ3v) is 3.48. The van der Waals surface area contributed by atoms with Gasteiger partial charge in [-0.1, -0.05) is 38.4 Å². The number of rotatable bonds is 7. The monoisotopic (exact) mass is 281 g/mol. The molecule has 0 aliphatic heterocycles. The molecule has 0 heterocycles. The number of halogens is 1. The zero-order valence-electron chi connectivity index (χ0n) is 12.3. The van der Waals surface area contributed by atoms with Crippen molar-refractivity contribution in [3.05, 3.63) is 41.4 Å². The van der Waals surface area contributed by atoms with Crippen molar-refractivity contribution in [1.82, 2.24) is 5.32 Å². The molecule has 1 unspecified atom stereocenters. The number of methoxy groups -OCH3 is 1. The molecule has 2 nitrogen and oxygen atoms in total. The third-order valence-electron chi connectivity index (χ3n) is 3.24. The lowest BCUT2D eigenvalue weighted by atomic mass is 9.83. The van der Waals surface area contributed by atoms with E-state index in [0.717, 1.165) is 29.3 Å². The van der Waals surface area contributed by atoms with E-state index in [9.17, 15) is 0 Å². The van der Waals surface area contributed by atoms with Gasteiger partial charge in [-0.25, -0.2) is 0 Å². The number of hydrogen-bond donors (Lipinski definition) is 1. The summed E-state index contributed by atoms with van der Waals surface area (Å²) in [5.41, 5.74) is 1.09. The van der Waals surface area contributed by atoms with E-state index < -0.39 is 0 Å². The zero-order valence-corrected chi connectivity index (χ0v) is 13.1. The molecule has 1 N–H and O–H groups in total. The average molecular weight is 282 g/mol. The van der Waals surface area contributed by atoms with E-state index in [-0.39, 0.29) is 5.41 Å². The van der Waals surface area contributed by atoms with Gasteiger partial charge in [0, 0.05) is 23.0 Å². The Morgan fingerprint density at radius 2 is 2.16 bits per heavy atom. The van der Waals surface area contributed by atoms with Crippen molar-refractivity contribution < 1.29 is 4.74 Å². The van der Waals surface area contributed by atoms with E-state index >= 15 is 0 Å². The summed E-state index contributed by atoms with van der Waals surface area (Å²) in [4.78, 5) is 0. The minimum absolute atomic E-state index is 0.0256. The molecule has 0 radical (unpaired) electrons. The summed E-state index contributed by atoms with van der Waals surface area (Å²) in [5, 5.41) is 4.20. The Labute approximate surface area is 121 Å². The van der Waals surface area contributed by atoms with Gasteiger partial charge in [0.05, 0.1) is 7.11 Å². The molecule has 1 aromatic carbocycles. The molecule has 106 valence electrons. The van der Waals surface area contributed by atoms with Crippen LogP contribution in [0.5, 0.6) is 5.75 Å². The normalized spacial score (nSPS) is 14.2. The Bertz CT molecular complexity index is 431. The van der Waals surface area contributed by atoms with Crippen molar-refractivity contribution in [3.63, 3.8) is 0 Å². The summed E-state index contributed by atoms with van der Waals surface area (Å²) in [6.07, 6.45) is 2.85. The summed E-state index contributed by atoms with van der Waals surface area (Å²) in [5.74, 6) is 0.877. The molecule has 1 atom stereocenters. The highest BCUT2D eigenvalue weighted by Crippen LogP contribution is 2.30. The van der Waals surface area contributed by atoms with Gasteiger partial charge < -0.3 is 10.1 Å². The van der Waals surface area contributed by atoms with E-state index in [2.05, 4.69) is 32.7 Å². The molecule has 0 saturated carbocycles. The van der Waals surface area contributed by atoms with Crippen molar-refractivity contribution in [2.24, 2.45) is 5.41 Å². The molecule has 0 spiro atoms. The SMILES string of the molecule is C=CC(C)(CNC(C)C)Cc1cc(Cl)ccc1OC. The van der Waals surface area contributed by atoms with Gasteiger partial charge in [0.15, 0.2) is 0 Å². The Balaban J connectivity index is 2.90. The molecular weight excluding hydrogens is 258 g/mol. The van der Waals surface area contributed by atoms with Crippen molar-refractivity contribution in [2.75, 3.05) is 13.7 Å². The maximum absolute atomic E-state index is 6.08. The highest BCUT2D eigenvalue weighted by Gasteiger charge is 2.23. The second kappa shape index (κ2) is 6.97. The Morgan fingerprint density at radius 3 is 2.68 bits per heavy atom. The predicted octanol–water partition coefficient (Wildman–Crippen LogP) is 4.08. The van der Waals surface area contributed by atoms with E-state index in [1.54, 1.807) is 7.11 Å². The molecule has 19 heavy (non-hydrogen) atoms. The number of benzene rings is 1. The standard InChI is InChI=1S/C16H24ClNO/c1-6-16(4,11-18-12(2)3)10-13-9-14(17)7-8-15(13)19-5/h6-9,12,18H,1,10-11H2,2-5H3. The van der Waals surface area contributed by atoms with Crippen LogP contribution in [0.1, 0.15) is 26.3 Å². The Hall–Kier alpha value is -0.990. The number of nitrogens with one attached hydrogen (secondary N) is 1. The second-order valence-electron chi connectivity index (χ2n) is 5.53. The van der Waals surface area contributed by atoms with E-state index in [0.29, 0.717) is 6.04 Å². The van der Waals surface area contributed by atoms with Crippen LogP contribution < -0.4 is 10.1 Å². The molecule has 0 bridgehead atoms. The van der Waals surface area contributed by atoms with E-state index in [1.165, 1.54) is 0 Å². The first-order valence-electron chi connectivity index (χ1n) is 6.59. The minimum Gasteiger partial charge on any atom is -0.496 e. The molecule has 1 aromatic rings. The van der Waals surface area contributed by atoms with Gasteiger partial charge in [-0.3, -0.25) is 0 Å². The fourth-order valence-electron chi connectivity index (χ4n) is 1.96. The molecule has 0 fully saturated rings. The highest BCUT2D eigenvalue weighted by molar-refractivity contribution is 6.30. The third kappa shape index (κ3) is 4.88. The van der Waals surface area contributed by atoms with Gasteiger partial charge >= 0.3 is 0 Å². The summed E-state index contributed by atoms with van der Waals surface area (Å²) >= 11 is 6.08. The Kier molecular flexibility index (Phi) is 5.89. The molecular formula is C16H24ClNO. The van der Waals surface area contributed by atoms with Gasteiger partial charge in [-0.2, -0.15) is 0 Å². The van der Waals surface area contributed by atoms with Gasteiger partial charge in [-0.05, 0) is 30.2 Å². The lowest BCUT2D eigenvalue weighted by molar-refractivity contribution is 0.359. The lowest BCUT2D eigenvalue weighted by Crippen LogP contribution is -2.35. The van der Waals surface area contributed by atoms with Crippen molar-refractivity contribution in [2.45, 2.75) is 33.2 Å². The summed E-state index contributed by atoms with van der Waals surface area (Å²) in [6, 6.07) is 6.19. The van der Waals surface area contributed by atoms with Crippen LogP contribution in [-0.2, 0) is 6.42 Å².